The van der Waals surface area contributed by atoms with Gasteiger partial charge in [0.2, 0.25) is 0 Å². The monoisotopic (exact) mass is 260 g/mol. The number of aryl methyl sites for hydroxylation is 2. The van der Waals surface area contributed by atoms with E-state index in [-0.39, 0.29) is 0 Å². The molecule has 0 amide bonds. The van der Waals surface area contributed by atoms with Gasteiger partial charge in [-0.25, -0.2) is 0 Å². The van der Waals surface area contributed by atoms with Crippen molar-refractivity contribution in [1.29, 1.82) is 0 Å². The summed E-state index contributed by atoms with van der Waals surface area (Å²) in [5.74, 6) is 0.826. The summed E-state index contributed by atoms with van der Waals surface area (Å²) < 4.78 is 0. The van der Waals surface area contributed by atoms with E-state index in [4.69, 9.17) is 0 Å². The average molecular weight is 260 g/mol. The molecule has 1 saturated carbocycles. The summed E-state index contributed by atoms with van der Waals surface area (Å²) in [4.78, 5) is 0. The normalized spacial score (nSPS) is 28.1. The Morgan fingerprint density at radius 1 is 1.16 bits per heavy atom. The molecule has 2 atom stereocenters. The Bertz CT molecular complexity index is 403. The SMILES string of the molecule is CCC1CCCC(O)(Cc2c(C)cccc2C)CC1. The van der Waals surface area contributed by atoms with E-state index < -0.39 is 5.60 Å². The molecule has 0 spiro atoms. The Kier molecular flexibility index (Phi) is 4.67. The fraction of sp³-hybridized carbons (Fsp3) is 0.667. The van der Waals surface area contributed by atoms with E-state index in [2.05, 4.69) is 39.0 Å². The topological polar surface area (TPSA) is 20.2 Å². The Hall–Kier alpha value is -0.820. The Morgan fingerprint density at radius 3 is 2.47 bits per heavy atom. The molecule has 2 rings (SSSR count). The van der Waals surface area contributed by atoms with Crippen LogP contribution >= 0.6 is 0 Å². The van der Waals surface area contributed by atoms with Crippen molar-refractivity contribution in [3.05, 3.63) is 34.9 Å². The van der Waals surface area contributed by atoms with E-state index >= 15 is 0 Å². The van der Waals surface area contributed by atoms with Crippen LogP contribution < -0.4 is 0 Å². The first-order chi connectivity index (χ1) is 9.04. The fourth-order valence-corrected chi connectivity index (χ4v) is 3.50. The molecule has 1 aliphatic carbocycles. The molecule has 1 aromatic carbocycles. The predicted molar refractivity (Wildman–Crippen MR) is 81.4 cm³/mol. The lowest BCUT2D eigenvalue weighted by atomic mass is 9.84. The van der Waals surface area contributed by atoms with Crippen LogP contribution in [0.1, 0.15) is 62.1 Å². The molecular formula is C18H28O. The molecule has 19 heavy (non-hydrogen) atoms. The summed E-state index contributed by atoms with van der Waals surface area (Å²) in [7, 11) is 0. The van der Waals surface area contributed by atoms with Gasteiger partial charge in [0, 0.05) is 6.42 Å². The molecule has 1 aliphatic rings. The number of benzene rings is 1. The Balaban J connectivity index is 2.12. The van der Waals surface area contributed by atoms with Crippen LogP contribution in [0.15, 0.2) is 18.2 Å². The standard InChI is InChI=1S/C18H28O/c1-4-16-9-6-11-18(19,12-10-16)13-17-14(2)7-5-8-15(17)3/h5,7-8,16,19H,4,6,9-13H2,1-3H3. The summed E-state index contributed by atoms with van der Waals surface area (Å²) in [5, 5.41) is 11.0. The van der Waals surface area contributed by atoms with Crippen LogP contribution in [0.3, 0.4) is 0 Å². The van der Waals surface area contributed by atoms with Crippen molar-refractivity contribution < 1.29 is 5.11 Å². The first-order valence-electron chi connectivity index (χ1n) is 7.81. The molecule has 1 nitrogen and oxygen atoms in total. The maximum atomic E-state index is 11.0. The van der Waals surface area contributed by atoms with Gasteiger partial charge in [-0.15, -0.1) is 0 Å². The zero-order valence-electron chi connectivity index (χ0n) is 12.7. The largest absolute Gasteiger partial charge is 0.390 e. The first-order valence-corrected chi connectivity index (χ1v) is 7.81. The highest BCUT2D eigenvalue weighted by Crippen LogP contribution is 2.35. The summed E-state index contributed by atoms with van der Waals surface area (Å²) >= 11 is 0. The van der Waals surface area contributed by atoms with Crippen LogP contribution in [0.2, 0.25) is 0 Å². The smallest absolute Gasteiger partial charge is 0.0688 e. The minimum absolute atomic E-state index is 0.471. The van der Waals surface area contributed by atoms with Gasteiger partial charge in [-0.1, -0.05) is 44.4 Å². The van der Waals surface area contributed by atoms with Gasteiger partial charge in [-0.3, -0.25) is 0 Å². The van der Waals surface area contributed by atoms with Gasteiger partial charge in [0.05, 0.1) is 5.60 Å². The maximum Gasteiger partial charge on any atom is 0.0688 e. The second-order valence-electron chi connectivity index (χ2n) is 6.48. The molecule has 0 heterocycles. The van der Waals surface area contributed by atoms with E-state index in [1.807, 2.05) is 0 Å². The lowest BCUT2D eigenvalue weighted by Crippen LogP contribution is -2.31. The zero-order valence-corrected chi connectivity index (χ0v) is 12.7. The number of hydrogen-bond donors (Lipinski definition) is 1. The second-order valence-corrected chi connectivity index (χ2v) is 6.48. The van der Waals surface area contributed by atoms with Crippen molar-refractivity contribution in [2.45, 2.75) is 71.3 Å². The lowest BCUT2D eigenvalue weighted by molar-refractivity contribution is 0.0239. The molecule has 2 unspecified atom stereocenters. The fourth-order valence-electron chi connectivity index (χ4n) is 3.50. The van der Waals surface area contributed by atoms with Crippen molar-refractivity contribution in [1.82, 2.24) is 0 Å². The second kappa shape index (κ2) is 6.09. The predicted octanol–water partition coefficient (Wildman–Crippen LogP) is 4.57. The van der Waals surface area contributed by atoms with Gasteiger partial charge in [0.25, 0.3) is 0 Å². The number of rotatable bonds is 3. The van der Waals surface area contributed by atoms with Crippen LogP contribution in [0.4, 0.5) is 0 Å². The van der Waals surface area contributed by atoms with Crippen LogP contribution in [0.5, 0.6) is 0 Å². The minimum atomic E-state index is -0.471. The van der Waals surface area contributed by atoms with Crippen molar-refractivity contribution in [2.24, 2.45) is 5.92 Å². The highest BCUT2D eigenvalue weighted by molar-refractivity contribution is 5.34. The van der Waals surface area contributed by atoms with Crippen LogP contribution in [-0.2, 0) is 6.42 Å². The van der Waals surface area contributed by atoms with Gasteiger partial charge in [0.1, 0.15) is 0 Å². The summed E-state index contributed by atoms with van der Waals surface area (Å²) in [5.41, 5.74) is 3.54. The van der Waals surface area contributed by atoms with E-state index in [1.165, 1.54) is 42.4 Å². The van der Waals surface area contributed by atoms with Crippen molar-refractivity contribution in [3.8, 4) is 0 Å². The Morgan fingerprint density at radius 2 is 1.84 bits per heavy atom. The van der Waals surface area contributed by atoms with Crippen molar-refractivity contribution in [3.63, 3.8) is 0 Å². The molecule has 106 valence electrons. The maximum absolute atomic E-state index is 11.0. The van der Waals surface area contributed by atoms with E-state index in [0.717, 1.165) is 25.2 Å². The van der Waals surface area contributed by atoms with Crippen LogP contribution in [0, 0.1) is 19.8 Å². The third-order valence-electron chi connectivity index (χ3n) is 5.00. The highest BCUT2D eigenvalue weighted by Gasteiger charge is 2.31. The third kappa shape index (κ3) is 3.60. The van der Waals surface area contributed by atoms with E-state index in [9.17, 15) is 5.11 Å². The van der Waals surface area contributed by atoms with Gasteiger partial charge in [0.15, 0.2) is 0 Å². The molecule has 0 saturated heterocycles. The van der Waals surface area contributed by atoms with Crippen LogP contribution in [-0.4, -0.2) is 10.7 Å². The third-order valence-corrected chi connectivity index (χ3v) is 5.00. The van der Waals surface area contributed by atoms with E-state index in [0.29, 0.717) is 0 Å². The Labute approximate surface area is 118 Å². The lowest BCUT2D eigenvalue weighted by Gasteiger charge is -2.28. The molecule has 1 aromatic rings. The average Bonchev–Trinajstić information content (AvgIpc) is 2.56. The molecule has 0 aliphatic heterocycles. The van der Waals surface area contributed by atoms with Crippen LogP contribution in [0.25, 0.3) is 0 Å². The van der Waals surface area contributed by atoms with Gasteiger partial charge in [-0.2, -0.15) is 0 Å². The molecular weight excluding hydrogens is 232 g/mol. The zero-order chi connectivity index (χ0) is 13.9. The molecule has 0 aromatic heterocycles. The minimum Gasteiger partial charge on any atom is -0.390 e. The summed E-state index contributed by atoms with van der Waals surface area (Å²) in [6.45, 7) is 6.61. The quantitative estimate of drug-likeness (QED) is 0.789. The highest BCUT2D eigenvalue weighted by atomic mass is 16.3. The first kappa shape index (κ1) is 14.6. The van der Waals surface area contributed by atoms with Crippen molar-refractivity contribution >= 4 is 0 Å². The van der Waals surface area contributed by atoms with Gasteiger partial charge >= 0.3 is 0 Å². The van der Waals surface area contributed by atoms with Crippen molar-refractivity contribution in [2.75, 3.05) is 0 Å². The van der Waals surface area contributed by atoms with E-state index in [1.54, 1.807) is 0 Å². The molecule has 0 bridgehead atoms. The number of hydrogen-bond acceptors (Lipinski definition) is 1. The molecule has 0 radical (unpaired) electrons. The molecule has 1 N–H and O–H groups in total. The number of aliphatic hydroxyl groups is 1. The summed E-state index contributed by atoms with van der Waals surface area (Å²) in [6.07, 6.45) is 7.71. The van der Waals surface area contributed by atoms with Gasteiger partial charge < -0.3 is 5.11 Å². The van der Waals surface area contributed by atoms with Gasteiger partial charge in [-0.05, 0) is 55.7 Å². The molecule has 1 fully saturated rings. The summed E-state index contributed by atoms with van der Waals surface area (Å²) in [6, 6.07) is 6.44. The molecule has 1 heteroatoms.